The maximum atomic E-state index is 15.3. The molecule has 0 saturated carbocycles. The number of carbonyl (C=O) groups excluding carboxylic acids is 10. The highest BCUT2D eigenvalue weighted by atomic mass is 16.8. The van der Waals surface area contributed by atoms with Crippen molar-refractivity contribution in [3.63, 3.8) is 0 Å². The molecule has 11 rings (SSSR count). The lowest BCUT2D eigenvalue weighted by atomic mass is 9.97. The van der Waals surface area contributed by atoms with Crippen LogP contribution in [0.3, 0.4) is 0 Å². The van der Waals surface area contributed by atoms with E-state index in [9.17, 15) is 161 Å². The first-order valence-corrected chi connectivity index (χ1v) is 33.2. The van der Waals surface area contributed by atoms with Gasteiger partial charge in [-0.2, -0.15) is 0 Å². The van der Waals surface area contributed by atoms with Gasteiger partial charge in [-0.25, -0.2) is 47.9 Å². The molecule has 0 radical (unpaired) electrons. The summed E-state index contributed by atoms with van der Waals surface area (Å²) in [5.41, 5.74) is -9.89. The van der Waals surface area contributed by atoms with Crippen LogP contribution in [-0.2, 0) is 28.4 Å². The zero-order valence-electron chi connectivity index (χ0n) is 59.9. The smallest absolute Gasteiger partial charge is 0.343 e. The van der Waals surface area contributed by atoms with Gasteiger partial charge < -0.3 is 180 Å². The number of rotatable bonds is 21. The molecule has 122 heavy (non-hydrogen) atoms. The average Bonchev–Trinajstić information content (AvgIpc) is 0.763. The fourth-order valence-electron chi connectivity index (χ4n) is 10.8. The van der Waals surface area contributed by atoms with Crippen LogP contribution in [0.1, 0.15) is 124 Å². The Kier molecular flexibility index (Phi) is 23.2. The maximum absolute atomic E-state index is 15.3. The quantitative estimate of drug-likeness (QED) is 0.0139. The predicted molar refractivity (Wildman–Crippen MR) is 412 cm³/mol. The molecule has 0 bridgehead atoms. The lowest BCUT2D eigenvalue weighted by Gasteiger charge is -2.43. The normalized spacial score (nSPS) is 14.6. The second-order valence-corrected chi connectivity index (χ2v) is 25.1. The molecule has 0 aliphatic carbocycles. The number of hydrogen-bond acceptors (Lipinski definition) is 46. The fraction of sp³-hybridized carbons (Fsp3) is 0.0789. The van der Waals surface area contributed by atoms with Crippen LogP contribution in [0.25, 0.3) is 0 Å². The van der Waals surface area contributed by atoms with Gasteiger partial charge in [-0.15, -0.1) is 0 Å². The first-order chi connectivity index (χ1) is 57.4. The Morgan fingerprint density at radius 1 is 0.213 bits per heavy atom. The lowest BCUT2D eigenvalue weighted by molar-refractivity contribution is -0.282. The Hall–Kier alpha value is -18.1. The van der Waals surface area contributed by atoms with Gasteiger partial charge in [0.25, 0.3) is 0 Å². The molecule has 10 aromatic rings. The molecule has 1 heterocycles. The second-order valence-electron chi connectivity index (χ2n) is 25.1. The zero-order valence-corrected chi connectivity index (χ0v) is 59.9. The molecule has 0 aromatic heterocycles. The van der Waals surface area contributed by atoms with Crippen molar-refractivity contribution in [1.29, 1.82) is 0 Å². The summed E-state index contributed by atoms with van der Waals surface area (Å²) >= 11 is 0. The van der Waals surface area contributed by atoms with E-state index in [0.717, 1.165) is 0 Å². The third kappa shape index (κ3) is 17.6. The minimum atomic E-state index is -3.12. The number of phenols is 25. The zero-order chi connectivity index (χ0) is 89.4. The number of carbonyl (C=O) groups is 10. The van der Waals surface area contributed by atoms with Crippen LogP contribution in [0, 0.1) is 0 Å². The van der Waals surface area contributed by atoms with Gasteiger partial charge in [0.15, 0.2) is 156 Å². The van der Waals surface area contributed by atoms with Crippen LogP contribution in [-0.4, -0.2) is 225 Å². The van der Waals surface area contributed by atoms with Gasteiger partial charge in [0, 0.05) is 20.0 Å². The number of hydrogen-bond donors (Lipinski definition) is 25. The van der Waals surface area contributed by atoms with E-state index in [1.54, 1.807) is 0 Å². The van der Waals surface area contributed by atoms with Crippen LogP contribution in [0.2, 0.25) is 0 Å². The predicted octanol–water partition coefficient (Wildman–Crippen LogP) is 8.28. The van der Waals surface area contributed by atoms with E-state index in [-0.39, 0.29) is 20.0 Å². The van der Waals surface area contributed by atoms with Gasteiger partial charge in [0.1, 0.15) is 12.7 Å². The van der Waals surface area contributed by atoms with Gasteiger partial charge in [0.2, 0.25) is 41.1 Å². The summed E-state index contributed by atoms with van der Waals surface area (Å²) in [5, 5.41) is 261. The van der Waals surface area contributed by atoms with E-state index < -0.39 is 325 Å². The molecular weight excluding hydrogens is 1650 g/mol. The maximum Gasteiger partial charge on any atom is 0.343 e. The van der Waals surface area contributed by atoms with Crippen molar-refractivity contribution < 1.29 is 248 Å². The van der Waals surface area contributed by atoms with E-state index >= 15 is 14.4 Å². The SMILES string of the molecule is O=C(OC[C@@H]1O[C@H](OC(=O)c2cc(O)c(O)c(OC(=O)c3cc(O)c(O)c(O)c3)c2)[C@@H](OC(=O)c2cc(O)c(O)c(OC(=O)c3cc(O)c(O)c(O)c3)c2)[C@H](OC(=O)c2cc(O)c(O)c(OC(=O)c3cc(O)c(O)c(O)c3)c2)[C@H]1OC(=O)c1cc(O)c(O)c(OC(=O)c2cc(O)c(O)c(O)c2)c1)c1cc(O)c(O)c(OC(=O)c2cc(O)c(O)c(O)c2)c1.[HH].[HH].[HH].[HH].[HH].[HH].[HH].[HH].[HH].[HH].[HH].[HH].[HH].[HH]. The molecule has 0 unspecified atom stereocenters. The summed E-state index contributed by atoms with van der Waals surface area (Å²) in [7, 11) is 0. The summed E-state index contributed by atoms with van der Waals surface area (Å²) in [6, 6.07) is 8.56. The molecule has 660 valence electrons. The highest BCUT2D eigenvalue weighted by Crippen LogP contribution is 2.48. The summed E-state index contributed by atoms with van der Waals surface area (Å²) < 4.78 is 60.4. The minimum absolute atomic E-state index is 0. The Labute approximate surface area is 692 Å². The summed E-state index contributed by atoms with van der Waals surface area (Å²) in [6.07, 6.45) is -15.1. The molecule has 46 heteroatoms. The van der Waals surface area contributed by atoms with Crippen molar-refractivity contribution in [1.82, 2.24) is 0 Å². The molecule has 5 atom stereocenters. The van der Waals surface area contributed by atoms with Crippen molar-refractivity contribution in [3.8, 4) is 172 Å². The van der Waals surface area contributed by atoms with Gasteiger partial charge >= 0.3 is 59.7 Å². The number of aromatic hydroxyl groups is 25. The van der Waals surface area contributed by atoms with E-state index in [4.69, 9.17) is 52.1 Å². The van der Waals surface area contributed by atoms with Crippen molar-refractivity contribution in [2.24, 2.45) is 0 Å². The third-order valence-corrected chi connectivity index (χ3v) is 16.9. The van der Waals surface area contributed by atoms with E-state index in [0.29, 0.717) is 121 Å². The summed E-state index contributed by atoms with van der Waals surface area (Å²) in [5.74, 6) is -56.0. The van der Waals surface area contributed by atoms with Crippen molar-refractivity contribution in [3.05, 3.63) is 177 Å². The molecule has 1 aliphatic rings. The average molecular weight is 1730 g/mol. The first-order valence-electron chi connectivity index (χ1n) is 33.2. The molecule has 25 N–H and O–H groups in total. The summed E-state index contributed by atoms with van der Waals surface area (Å²) in [6.45, 7) is -1.71. The molecule has 1 saturated heterocycles. The molecule has 1 aliphatic heterocycles. The van der Waals surface area contributed by atoms with E-state index in [2.05, 4.69) is 0 Å². The third-order valence-electron chi connectivity index (χ3n) is 16.9. The molecule has 1 fully saturated rings. The molecular formula is C76H80O46. The Morgan fingerprint density at radius 2 is 0.385 bits per heavy atom. The highest BCUT2D eigenvalue weighted by Gasteiger charge is 2.55. The second kappa shape index (κ2) is 33.4. The van der Waals surface area contributed by atoms with Crippen molar-refractivity contribution in [2.75, 3.05) is 6.61 Å². The largest absolute Gasteiger partial charge is 0.504 e. The number of benzene rings is 10. The van der Waals surface area contributed by atoms with Gasteiger partial charge in [-0.05, 0) is 121 Å². The van der Waals surface area contributed by atoms with Crippen molar-refractivity contribution in [2.45, 2.75) is 30.7 Å². The number of ether oxygens (including phenoxy) is 11. The van der Waals surface area contributed by atoms with E-state index in [1.165, 1.54) is 0 Å². The number of esters is 10. The minimum Gasteiger partial charge on any atom is -0.504 e. The Bertz CT molecular complexity index is 6030. The van der Waals surface area contributed by atoms with Gasteiger partial charge in [0.05, 0.1) is 55.6 Å². The van der Waals surface area contributed by atoms with Crippen LogP contribution in [0.15, 0.2) is 121 Å². The van der Waals surface area contributed by atoms with Crippen LogP contribution < -0.4 is 23.7 Å². The van der Waals surface area contributed by atoms with Crippen molar-refractivity contribution >= 4 is 59.7 Å². The Morgan fingerprint density at radius 3 is 0.607 bits per heavy atom. The monoisotopic (exact) mass is 1730 g/mol. The highest BCUT2D eigenvalue weighted by molar-refractivity contribution is 6.00. The fourth-order valence-corrected chi connectivity index (χ4v) is 10.8. The van der Waals surface area contributed by atoms with E-state index in [1.807, 2.05) is 0 Å². The Balaban J connectivity index is -0.00000622. The van der Waals surface area contributed by atoms with Gasteiger partial charge in [-0.1, -0.05) is 0 Å². The standard InChI is InChI=1S/C76H52O46.14H2/c77-32-1-22(2-33(78)53(32)92)67(103)113-47-16-27(11-42(87)58(47)97)66(102)112-21-52-63(119-72(108)28-12-43(88)59(98)48(17-28)114-68(104)23-3-34(79)54(93)35(80)4-23)64(120-73(109)29-13-44(89)60(99)49(18-29)115-69(105)24-5-36(81)55(94)37(82)6-24)65(121-74(110)30-14-45(90)61(100)50(19-30)116-70(106)25-7-38(83)56(95)39(84)8-25)76(118-52)122-75(111)31-15-46(91)62(101)51(20-31)117-71(107)26-9-40(85)57(96)41(86)10-26;;;;;;;;;;;;;;/h1-20,52,63-65,76-101H,21H2;14*1H/t52-,63-,64+,65-,76+;;;;;;;;;;;;;;/m0............../s1. The van der Waals surface area contributed by atoms with Gasteiger partial charge in [-0.3, -0.25) is 0 Å². The van der Waals surface area contributed by atoms with Crippen LogP contribution >= 0.6 is 0 Å². The number of phenolic OH excluding ortho intramolecular Hbond substituents is 25. The lowest BCUT2D eigenvalue weighted by Crippen LogP contribution is -2.63. The molecule has 46 nitrogen and oxygen atoms in total. The van der Waals surface area contributed by atoms with Crippen LogP contribution in [0.4, 0.5) is 0 Å². The first kappa shape index (κ1) is 84.8. The topological polar surface area (TPSA) is 778 Å². The molecule has 0 amide bonds. The summed E-state index contributed by atoms with van der Waals surface area (Å²) in [4.78, 5) is 142. The molecule has 10 aromatic carbocycles. The molecule has 0 spiro atoms. The van der Waals surface area contributed by atoms with Crippen LogP contribution in [0.5, 0.6) is 172 Å².